The number of benzene rings is 3. The Kier molecular flexibility index (Phi) is 5.05. The summed E-state index contributed by atoms with van der Waals surface area (Å²) in [4.78, 5) is 0.495. The molecule has 3 aromatic carbocycles. The van der Waals surface area contributed by atoms with Crippen LogP contribution in [0.4, 0.5) is 0 Å². The van der Waals surface area contributed by atoms with Crippen molar-refractivity contribution in [3.63, 3.8) is 0 Å². The number of para-hydroxylation sites is 1. The monoisotopic (exact) mass is 333 g/mol. The molecule has 0 N–H and O–H groups in total. The zero-order valence-electron chi connectivity index (χ0n) is 12.9. The first kappa shape index (κ1) is 16.0. The van der Waals surface area contributed by atoms with E-state index in [9.17, 15) is 9.47 Å². The van der Waals surface area contributed by atoms with Gasteiger partial charge in [-0.15, -0.1) is 0 Å². The second kappa shape index (κ2) is 7.58. The van der Waals surface area contributed by atoms with Gasteiger partial charge in [-0.3, -0.25) is 4.21 Å². The molecule has 0 bridgehead atoms. The third-order valence-electron chi connectivity index (χ3n) is 3.44. The van der Waals surface area contributed by atoms with Crippen molar-refractivity contribution < 1.29 is 8.95 Å². The van der Waals surface area contributed by atoms with Gasteiger partial charge in [0.05, 0.1) is 27.0 Å². The fourth-order valence-corrected chi connectivity index (χ4v) is 3.53. The first-order valence-corrected chi connectivity index (χ1v) is 8.77. The SMILES string of the molecule is N#Cc1ccc(Oc2ccccc2)cc1[S@](=O)Cc1ccccc1. The molecule has 0 aliphatic heterocycles. The lowest BCUT2D eigenvalue weighted by Crippen LogP contribution is -2.00. The lowest BCUT2D eigenvalue weighted by Gasteiger charge is -2.09. The standard InChI is InChI=1S/C20H15NO2S/c21-14-17-11-12-19(23-18-9-5-2-6-10-18)13-20(17)24(22)15-16-7-3-1-4-8-16/h1-13H,15H2/t24-/m1/s1. The average Bonchev–Trinajstić information content (AvgIpc) is 2.63. The minimum absolute atomic E-state index is 0.365. The summed E-state index contributed by atoms with van der Waals surface area (Å²) in [6.45, 7) is 0. The van der Waals surface area contributed by atoms with Crippen LogP contribution in [-0.4, -0.2) is 4.21 Å². The van der Waals surface area contributed by atoms with Gasteiger partial charge in [-0.05, 0) is 35.9 Å². The average molecular weight is 333 g/mol. The van der Waals surface area contributed by atoms with Crippen LogP contribution in [0.3, 0.4) is 0 Å². The van der Waals surface area contributed by atoms with Gasteiger partial charge in [-0.2, -0.15) is 5.26 Å². The molecule has 0 aliphatic carbocycles. The van der Waals surface area contributed by atoms with E-state index < -0.39 is 10.8 Å². The summed E-state index contributed by atoms with van der Waals surface area (Å²) in [6, 6.07) is 26.1. The van der Waals surface area contributed by atoms with Crippen LogP contribution < -0.4 is 4.74 Å². The maximum absolute atomic E-state index is 12.7. The lowest BCUT2D eigenvalue weighted by atomic mass is 10.2. The molecular formula is C20H15NO2S. The number of nitriles is 1. The topological polar surface area (TPSA) is 50.1 Å². The zero-order valence-corrected chi connectivity index (χ0v) is 13.7. The van der Waals surface area contributed by atoms with Crippen LogP contribution in [0.1, 0.15) is 11.1 Å². The van der Waals surface area contributed by atoms with E-state index in [1.54, 1.807) is 18.2 Å². The Morgan fingerprint density at radius 2 is 1.54 bits per heavy atom. The summed E-state index contributed by atoms with van der Waals surface area (Å²) in [5, 5.41) is 9.29. The van der Waals surface area contributed by atoms with Crippen molar-refractivity contribution in [1.82, 2.24) is 0 Å². The van der Waals surface area contributed by atoms with Crippen molar-refractivity contribution in [2.24, 2.45) is 0 Å². The summed E-state index contributed by atoms with van der Waals surface area (Å²) in [5.41, 5.74) is 1.37. The highest BCUT2D eigenvalue weighted by Crippen LogP contribution is 2.26. The van der Waals surface area contributed by atoms with Crippen molar-refractivity contribution in [3.05, 3.63) is 90.0 Å². The third kappa shape index (κ3) is 3.89. The summed E-state index contributed by atoms with van der Waals surface area (Å²) < 4.78 is 18.5. The summed E-state index contributed by atoms with van der Waals surface area (Å²) in [6.07, 6.45) is 0. The van der Waals surface area contributed by atoms with Gasteiger partial charge >= 0.3 is 0 Å². The molecule has 0 saturated carbocycles. The Hall–Kier alpha value is -2.90. The van der Waals surface area contributed by atoms with E-state index in [-0.39, 0.29) is 0 Å². The highest BCUT2D eigenvalue weighted by Gasteiger charge is 2.12. The highest BCUT2D eigenvalue weighted by molar-refractivity contribution is 7.84. The quantitative estimate of drug-likeness (QED) is 0.682. The zero-order chi connectivity index (χ0) is 16.8. The van der Waals surface area contributed by atoms with Crippen LogP contribution in [0.15, 0.2) is 83.8 Å². The Labute approximate surface area is 143 Å². The van der Waals surface area contributed by atoms with Crippen LogP contribution >= 0.6 is 0 Å². The second-order valence-electron chi connectivity index (χ2n) is 5.16. The normalized spacial score (nSPS) is 11.5. The third-order valence-corrected chi connectivity index (χ3v) is 4.86. The van der Waals surface area contributed by atoms with E-state index in [1.165, 1.54) is 0 Å². The van der Waals surface area contributed by atoms with Crippen LogP contribution in [0.25, 0.3) is 0 Å². The van der Waals surface area contributed by atoms with Gasteiger partial charge in [0.1, 0.15) is 17.6 Å². The Bertz CT molecular complexity index is 887. The molecule has 1 atom stereocenters. The fraction of sp³-hybridized carbons (Fsp3) is 0.0500. The van der Waals surface area contributed by atoms with Crippen molar-refractivity contribution >= 4 is 10.8 Å². The molecular weight excluding hydrogens is 318 g/mol. The van der Waals surface area contributed by atoms with Gasteiger partial charge < -0.3 is 4.74 Å². The molecule has 0 heterocycles. The molecule has 0 fully saturated rings. The van der Waals surface area contributed by atoms with E-state index in [0.717, 1.165) is 5.56 Å². The Balaban J connectivity index is 1.87. The first-order chi connectivity index (χ1) is 11.8. The Morgan fingerprint density at radius 3 is 2.21 bits per heavy atom. The van der Waals surface area contributed by atoms with Gasteiger partial charge in [0.25, 0.3) is 0 Å². The summed E-state index contributed by atoms with van der Waals surface area (Å²) in [7, 11) is -1.32. The van der Waals surface area contributed by atoms with E-state index in [2.05, 4.69) is 6.07 Å². The predicted molar refractivity (Wildman–Crippen MR) is 94.2 cm³/mol. The van der Waals surface area contributed by atoms with Gasteiger partial charge in [0.2, 0.25) is 0 Å². The van der Waals surface area contributed by atoms with E-state index >= 15 is 0 Å². The largest absolute Gasteiger partial charge is 0.457 e. The smallest absolute Gasteiger partial charge is 0.128 e. The van der Waals surface area contributed by atoms with E-state index in [1.807, 2.05) is 60.7 Å². The molecule has 118 valence electrons. The molecule has 4 heteroatoms. The van der Waals surface area contributed by atoms with Gasteiger partial charge in [-0.25, -0.2) is 0 Å². The minimum Gasteiger partial charge on any atom is -0.457 e. The number of hydrogen-bond donors (Lipinski definition) is 0. The summed E-state index contributed by atoms with van der Waals surface area (Å²) in [5.74, 6) is 1.63. The molecule has 0 aliphatic rings. The number of nitrogens with zero attached hydrogens (tertiary/aromatic N) is 1. The number of ether oxygens (including phenoxy) is 1. The lowest BCUT2D eigenvalue weighted by molar-refractivity contribution is 0.481. The summed E-state index contributed by atoms with van der Waals surface area (Å²) >= 11 is 0. The van der Waals surface area contributed by atoms with E-state index in [4.69, 9.17) is 4.74 Å². The minimum atomic E-state index is -1.32. The van der Waals surface area contributed by atoms with Crippen molar-refractivity contribution in [2.75, 3.05) is 0 Å². The fourth-order valence-electron chi connectivity index (χ4n) is 2.27. The number of rotatable bonds is 5. The molecule has 3 rings (SSSR count). The second-order valence-corrected chi connectivity index (χ2v) is 6.58. The highest BCUT2D eigenvalue weighted by atomic mass is 32.2. The molecule has 0 spiro atoms. The molecule has 3 nitrogen and oxygen atoms in total. The van der Waals surface area contributed by atoms with E-state index in [0.29, 0.717) is 27.7 Å². The van der Waals surface area contributed by atoms with Crippen molar-refractivity contribution in [3.8, 4) is 17.6 Å². The molecule has 0 unspecified atom stereocenters. The van der Waals surface area contributed by atoms with Crippen LogP contribution in [0, 0.1) is 11.3 Å². The molecule has 0 radical (unpaired) electrons. The van der Waals surface area contributed by atoms with Crippen LogP contribution in [0.5, 0.6) is 11.5 Å². The molecule has 0 saturated heterocycles. The molecule has 0 amide bonds. The van der Waals surface area contributed by atoms with Crippen molar-refractivity contribution in [1.29, 1.82) is 5.26 Å². The predicted octanol–water partition coefficient (Wildman–Crippen LogP) is 4.66. The van der Waals surface area contributed by atoms with Gasteiger partial charge in [0.15, 0.2) is 0 Å². The molecule has 24 heavy (non-hydrogen) atoms. The first-order valence-electron chi connectivity index (χ1n) is 7.45. The maximum Gasteiger partial charge on any atom is 0.128 e. The number of hydrogen-bond acceptors (Lipinski definition) is 3. The maximum atomic E-state index is 12.7. The van der Waals surface area contributed by atoms with Crippen molar-refractivity contribution in [2.45, 2.75) is 10.6 Å². The van der Waals surface area contributed by atoms with Crippen LogP contribution in [-0.2, 0) is 16.6 Å². The van der Waals surface area contributed by atoms with Crippen LogP contribution in [0.2, 0.25) is 0 Å². The Morgan fingerprint density at radius 1 is 0.875 bits per heavy atom. The molecule has 0 aromatic heterocycles. The molecule has 3 aromatic rings. The van der Waals surface area contributed by atoms with Gasteiger partial charge in [-0.1, -0.05) is 48.5 Å². The van der Waals surface area contributed by atoms with Gasteiger partial charge in [0, 0.05) is 0 Å².